The van der Waals surface area contributed by atoms with E-state index in [2.05, 4.69) is 36.2 Å². The minimum Gasteiger partial charge on any atom is -0.494 e. The third-order valence-corrected chi connectivity index (χ3v) is 7.31. The van der Waals surface area contributed by atoms with E-state index in [1.807, 2.05) is 18.2 Å². The van der Waals surface area contributed by atoms with E-state index in [4.69, 9.17) is 4.74 Å². The molecule has 1 aliphatic carbocycles. The number of anilines is 3. The number of methoxy groups -OCH3 is 1. The molecule has 240 valence electrons. The topological polar surface area (TPSA) is 147 Å². The van der Waals surface area contributed by atoms with Crippen LogP contribution in [-0.4, -0.2) is 67.2 Å². The Morgan fingerprint density at radius 3 is 2.52 bits per heavy atom. The van der Waals surface area contributed by atoms with Gasteiger partial charge in [-0.25, -0.2) is 0 Å². The molecule has 0 saturated heterocycles. The predicted molar refractivity (Wildman–Crippen MR) is 167 cm³/mol. The van der Waals surface area contributed by atoms with Crippen molar-refractivity contribution in [2.75, 3.05) is 38.4 Å². The molecule has 2 heterocycles. The Morgan fingerprint density at radius 1 is 1.07 bits per heavy atom. The number of aromatic nitrogens is 2. The molecule has 4 N–H and O–H groups in total. The number of allylic oxidation sites excluding steroid dienone is 2. The lowest BCUT2D eigenvalue weighted by atomic mass is 10.0. The van der Waals surface area contributed by atoms with E-state index in [9.17, 15) is 23.2 Å². The first-order valence-electron chi connectivity index (χ1n) is 14.5. The highest BCUT2D eigenvalue weighted by atomic mass is 19.3. The minimum absolute atomic E-state index is 0.0208. The zero-order chi connectivity index (χ0) is 32.8. The fraction of sp³-hybridized carbons (Fsp3) is 0.281. The standard InChI is InChI=1S/C32H33F2N7O5/c1-35-30(43)27-25(15-26(39-40-27)38-29(42)19-10-11-19)37-23-9-5-8-22(28(23)45-3)20-12-13-24(36-16-20)31(44)41(2)17-18-6-4-7-21(14-18)46-32(33)34/h4-9,12-15,19,32,36H,10-11,16-17H2,1-3H3,(H,35,43)(H2,37,38,39,42). The maximum atomic E-state index is 13.1. The molecule has 12 nitrogen and oxygen atoms in total. The smallest absolute Gasteiger partial charge is 0.387 e. The quantitative estimate of drug-likeness (QED) is 0.232. The zero-order valence-electron chi connectivity index (χ0n) is 25.4. The highest BCUT2D eigenvalue weighted by Gasteiger charge is 2.30. The molecule has 5 rings (SSSR count). The van der Waals surface area contributed by atoms with Crippen LogP contribution in [0.25, 0.3) is 5.57 Å². The van der Waals surface area contributed by atoms with Gasteiger partial charge in [0.2, 0.25) is 5.91 Å². The van der Waals surface area contributed by atoms with Gasteiger partial charge < -0.3 is 35.6 Å². The summed E-state index contributed by atoms with van der Waals surface area (Å²) in [6.45, 7) is -2.45. The Morgan fingerprint density at radius 2 is 1.85 bits per heavy atom. The highest BCUT2D eigenvalue weighted by Crippen LogP contribution is 2.37. The first kappa shape index (κ1) is 31.9. The molecule has 1 saturated carbocycles. The van der Waals surface area contributed by atoms with Gasteiger partial charge in [-0.05, 0) is 48.3 Å². The molecule has 0 spiro atoms. The molecule has 1 aromatic heterocycles. The second kappa shape index (κ2) is 14.1. The van der Waals surface area contributed by atoms with Crippen molar-refractivity contribution in [2.24, 2.45) is 5.92 Å². The number of carbonyl (C=O) groups excluding carboxylic acids is 3. The molecule has 0 atom stereocenters. The van der Waals surface area contributed by atoms with Crippen molar-refractivity contribution >= 4 is 40.5 Å². The van der Waals surface area contributed by atoms with Gasteiger partial charge in [0, 0.05) is 44.7 Å². The number of hydrogen-bond donors (Lipinski definition) is 4. The van der Waals surface area contributed by atoms with E-state index in [0.717, 1.165) is 24.0 Å². The number of para-hydroxylation sites is 1. The highest BCUT2D eigenvalue weighted by molar-refractivity contribution is 6.00. The van der Waals surface area contributed by atoms with E-state index in [0.29, 0.717) is 34.9 Å². The van der Waals surface area contributed by atoms with Crippen molar-refractivity contribution in [3.05, 3.63) is 83.2 Å². The van der Waals surface area contributed by atoms with Gasteiger partial charge in [0.05, 0.1) is 18.5 Å². The van der Waals surface area contributed by atoms with E-state index < -0.39 is 12.5 Å². The summed E-state index contributed by atoms with van der Waals surface area (Å²) in [5.41, 5.74) is 3.43. The largest absolute Gasteiger partial charge is 0.494 e. The summed E-state index contributed by atoms with van der Waals surface area (Å²) in [6.07, 6.45) is 5.13. The number of halogens is 2. The number of amides is 3. The van der Waals surface area contributed by atoms with Gasteiger partial charge in [0.25, 0.3) is 11.8 Å². The van der Waals surface area contributed by atoms with Crippen LogP contribution in [0.1, 0.15) is 34.5 Å². The summed E-state index contributed by atoms with van der Waals surface area (Å²) in [5.74, 6) is -0.223. The number of ether oxygens (including phenoxy) is 2. The predicted octanol–water partition coefficient (Wildman–Crippen LogP) is 4.07. The third kappa shape index (κ3) is 7.57. The summed E-state index contributed by atoms with van der Waals surface area (Å²) >= 11 is 0. The fourth-order valence-electron chi connectivity index (χ4n) is 4.86. The maximum absolute atomic E-state index is 13.1. The summed E-state index contributed by atoms with van der Waals surface area (Å²) in [6, 6.07) is 13.2. The number of benzene rings is 2. The Bertz CT molecular complexity index is 1710. The first-order valence-corrected chi connectivity index (χ1v) is 14.5. The molecule has 0 radical (unpaired) electrons. The van der Waals surface area contributed by atoms with Crippen LogP contribution in [-0.2, 0) is 16.1 Å². The Balaban J connectivity index is 1.34. The average molecular weight is 634 g/mol. The fourth-order valence-corrected chi connectivity index (χ4v) is 4.86. The molecule has 2 aliphatic rings. The van der Waals surface area contributed by atoms with Gasteiger partial charge in [-0.2, -0.15) is 8.78 Å². The molecular formula is C32H33F2N7O5. The molecule has 2 aromatic carbocycles. The number of rotatable bonds is 12. The van der Waals surface area contributed by atoms with Gasteiger partial charge in [-0.15, -0.1) is 10.2 Å². The molecule has 46 heavy (non-hydrogen) atoms. The van der Waals surface area contributed by atoms with Crippen LogP contribution < -0.4 is 30.7 Å². The average Bonchev–Trinajstić information content (AvgIpc) is 3.90. The van der Waals surface area contributed by atoms with Gasteiger partial charge in [-0.1, -0.05) is 30.3 Å². The van der Waals surface area contributed by atoms with Gasteiger partial charge in [0.15, 0.2) is 11.5 Å². The first-order chi connectivity index (χ1) is 22.2. The number of dihydropyridines is 1. The van der Waals surface area contributed by atoms with Gasteiger partial charge >= 0.3 is 6.61 Å². The van der Waals surface area contributed by atoms with Crippen LogP contribution >= 0.6 is 0 Å². The number of nitrogens with zero attached hydrogens (tertiary/aromatic N) is 3. The number of alkyl halides is 2. The second-order valence-electron chi connectivity index (χ2n) is 10.7. The van der Waals surface area contributed by atoms with Crippen molar-refractivity contribution in [3.63, 3.8) is 0 Å². The lowest BCUT2D eigenvalue weighted by Crippen LogP contribution is -2.35. The third-order valence-electron chi connectivity index (χ3n) is 7.31. The monoisotopic (exact) mass is 633 g/mol. The summed E-state index contributed by atoms with van der Waals surface area (Å²) in [4.78, 5) is 39.5. The molecule has 0 unspecified atom stereocenters. The summed E-state index contributed by atoms with van der Waals surface area (Å²) in [5, 5.41) is 19.7. The molecule has 0 bridgehead atoms. The molecular weight excluding hydrogens is 600 g/mol. The van der Waals surface area contributed by atoms with Crippen LogP contribution in [0, 0.1) is 5.92 Å². The number of hydrogen-bond acceptors (Lipinski definition) is 9. The van der Waals surface area contributed by atoms with Crippen molar-refractivity contribution in [2.45, 2.75) is 26.0 Å². The van der Waals surface area contributed by atoms with E-state index in [-0.39, 0.29) is 41.5 Å². The Kier molecular flexibility index (Phi) is 9.74. The molecule has 1 aliphatic heterocycles. The maximum Gasteiger partial charge on any atom is 0.387 e. The SMILES string of the molecule is CNC(=O)c1nnc(NC(=O)C2CC2)cc1Nc1cccc(C2=CC=C(C(=O)N(C)Cc3cccc(OC(F)F)c3)NC2)c1OC. The molecule has 1 fully saturated rings. The van der Waals surface area contributed by atoms with Crippen molar-refractivity contribution in [1.82, 2.24) is 25.7 Å². The van der Waals surface area contributed by atoms with Crippen molar-refractivity contribution in [1.29, 1.82) is 0 Å². The number of carbonyl (C=O) groups is 3. The van der Waals surface area contributed by atoms with Crippen LogP contribution in [0.3, 0.4) is 0 Å². The minimum atomic E-state index is -2.94. The Labute approximate surface area is 263 Å². The molecule has 14 heteroatoms. The van der Waals surface area contributed by atoms with Crippen LogP contribution in [0.15, 0.2) is 66.4 Å². The second-order valence-corrected chi connectivity index (χ2v) is 10.7. The van der Waals surface area contributed by atoms with E-state index in [1.165, 1.54) is 31.2 Å². The lowest BCUT2D eigenvalue weighted by molar-refractivity contribution is -0.126. The van der Waals surface area contributed by atoms with Crippen LogP contribution in [0.5, 0.6) is 11.5 Å². The molecule has 3 amide bonds. The molecule has 3 aromatic rings. The summed E-state index contributed by atoms with van der Waals surface area (Å²) in [7, 11) is 4.62. The van der Waals surface area contributed by atoms with Gasteiger partial charge in [-0.3, -0.25) is 14.4 Å². The summed E-state index contributed by atoms with van der Waals surface area (Å²) < 4.78 is 35.4. The van der Waals surface area contributed by atoms with E-state index >= 15 is 0 Å². The van der Waals surface area contributed by atoms with Crippen molar-refractivity contribution in [3.8, 4) is 11.5 Å². The number of likely N-dealkylation sites (N-methyl/N-ethyl adjacent to an activating group) is 1. The van der Waals surface area contributed by atoms with Gasteiger partial charge in [0.1, 0.15) is 17.2 Å². The van der Waals surface area contributed by atoms with Crippen LogP contribution in [0.4, 0.5) is 26.0 Å². The van der Waals surface area contributed by atoms with E-state index in [1.54, 1.807) is 37.4 Å². The van der Waals surface area contributed by atoms with Crippen molar-refractivity contribution < 1.29 is 32.6 Å². The zero-order valence-corrected chi connectivity index (χ0v) is 25.4. The van der Waals surface area contributed by atoms with Crippen LogP contribution in [0.2, 0.25) is 0 Å². The lowest BCUT2D eigenvalue weighted by Gasteiger charge is -2.24. The number of nitrogens with one attached hydrogen (secondary N) is 4. The normalized spacial score (nSPS) is 14.0. The Hall–Kier alpha value is -5.53.